The molecule has 1 aliphatic rings. The Morgan fingerprint density at radius 2 is 2.13 bits per heavy atom. The number of nitrogens with zero attached hydrogens (tertiary/aromatic N) is 2. The molecule has 1 atom stereocenters. The van der Waals surface area contributed by atoms with Crippen molar-refractivity contribution in [2.24, 2.45) is 0 Å². The minimum atomic E-state index is -0.754. The molecule has 0 aromatic heterocycles. The summed E-state index contributed by atoms with van der Waals surface area (Å²) in [5.74, 6) is -1.02. The predicted octanol–water partition coefficient (Wildman–Crippen LogP) is 1.82. The van der Waals surface area contributed by atoms with Gasteiger partial charge in [-0.05, 0) is 25.5 Å². The van der Waals surface area contributed by atoms with Gasteiger partial charge in [0.05, 0.1) is 11.9 Å². The molecule has 2 rings (SSSR count). The lowest BCUT2D eigenvalue weighted by Crippen LogP contribution is -2.30. The minimum absolute atomic E-state index is 0.140. The summed E-state index contributed by atoms with van der Waals surface area (Å²) in [6, 6.07) is 10.6. The molecule has 0 aliphatic carbocycles. The summed E-state index contributed by atoms with van der Waals surface area (Å²) < 4.78 is 4.90. The molecule has 1 N–H and O–H groups in total. The summed E-state index contributed by atoms with van der Waals surface area (Å²) >= 11 is 1.11. The lowest BCUT2D eigenvalue weighted by Gasteiger charge is -2.18. The van der Waals surface area contributed by atoms with Crippen LogP contribution in [-0.4, -0.2) is 35.4 Å². The molecular weight excluding hydrogens is 316 g/mol. The number of aliphatic hydroxyl groups is 1. The monoisotopic (exact) mass is 332 g/mol. The van der Waals surface area contributed by atoms with Crippen LogP contribution in [0.2, 0.25) is 0 Å². The van der Waals surface area contributed by atoms with Crippen LogP contribution in [0, 0.1) is 11.3 Å². The Balaban J connectivity index is 2.51. The number of aliphatic hydroxyl groups excluding tert-OH is 1. The van der Waals surface area contributed by atoms with Crippen molar-refractivity contribution < 1.29 is 19.4 Å². The number of ether oxygens (including phenoxy) is 1. The van der Waals surface area contributed by atoms with E-state index in [9.17, 15) is 14.9 Å². The largest absolute Gasteiger partial charge is 0.462 e. The van der Waals surface area contributed by atoms with Crippen LogP contribution in [0.25, 0.3) is 0 Å². The molecule has 120 valence electrons. The summed E-state index contributed by atoms with van der Waals surface area (Å²) in [6.07, 6.45) is 0.248. The lowest BCUT2D eigenvalue weighted by atomic mass is 10.2. The van der Waals surface area contributed by atoms with Gasteiger partial charge in [0.25, 0.3) is 0 Å². The number of esters is 1. The van der Waals surface area contributed by atoms with E-state index in [-0.39, 0.29) is 36.1 Å². The average Bonchev–Trinajstić information content (AvgIpc) is 2.86. The predicted molar refractivity (Wildman–Crippen MR) is 86.3 cm³/mol. The Kier molecular flexibility index (Phi) is 5.79. The molecule has 6 nitrogen and oxygen atoms in total. The molecule has 1 aliphatic heterocycles. The van der Waals surface area contributed by atoms with E-state index in [1.54, 1.807) is 31.2 Å². The van der Waals surface area contributed by atoms with Crippen molar-refractivity contribution >= 4 is 29.3 Å². The number of hydrogen-bond donors (Lipinski definition) is 1. The highest BCUT2D eigenvalue weighted by Gasteiger charge is 2.40. The van der Waals surface area contributed by atoms with Crippen LogP contribution in [-0.2, 0) is 14.3 Å². The second-order valence-electron chi connectivity index (χ2n) is 4.64. The second-order valence-corrected chi connectivity index (χ2v) is 5.83. The number of rotatable bonds is 5. The van der Waals surface area contributed by atoms with Crippen molar-refractivity contribution in [3.63, 3.8) is 0 Å². The molecule has 1 amide bonds. The van der Waals surface area contributed by atoms with Gasteiger partial charge in [-0.25, -0.2) is 4.79 Å². The summed E-state index contributed by atoms with van der Waals surface area (Å²) in [5, 5.41) is 18.2. The fourth-order valence-corrected chi connectivity index (χ4v) is 3.40. The maximum absolute atomic E-state index is 12.6. The van der Waals surface area contributed by atoms with Gasteiger partial charge in [-0.2, -0.15) is 5.26 Å². The molecular formula is C16H16N2O4S. The number of benzene rings is 1. The molecule has 1 fully saturated rings. The normalized spacial score (nSPS) is 19.4. The summed E-state index contributed by atoms with van der Waals surface area (Å²) in [7, 11) is 0. The smallest absolute Gasteiger partial charge is 0.351 e. The Labute approximate surface area is 138 Å². The maximum Gasteiger partial charge on any atom is 0.351 e. The zero-order valence-electron chi connectivity index (χ0n) is 12.6. The van der Waals surface area contributed by atoms with E-state index < -0.39 is 11.2 Å². The van der Waals surface area contributed by atoms with Gasteiger partial charge in [-0.1, -0.05) is 30.0 Å². The van der Waals surface area contributed by atoms with E-state index >= 15 is 0 Å². The molecule has 1 aromatic rings. The number of anilines is 1. The van der Waals surface area contributed by atoms with Crippen molar-refractivity contribution in [3.8, 4) is 6.07 Å². The number of carbonyl (C=O) groups excluding carboxylic acids is 2. The Morgan fingerprint density at radius 1 is 1.43 bits per heavy atom. The zero-order valence-corrected chi connectivity index (χ0v) is 13.4. The minimum Gasteiger partial charge on any atom is -0.462 e. The number of carbonyl (C=O) groups is 2. The summed E-state index contributed by atoms with van der Waals surface area (Å²) in [4.78, 5) is 26.0. The van der Waals surface area contributed by atoms with Gasteiger partial charge in [0.1, 0.15) is 11.1 Å². The zero-order chi connectivity index (χ0) is 16.8. The van der Waals surface area contributed by atoms with E-state index in [1.807, 2.05) is 12.1 Å². The van der Waals surface area contributed by atoms with E-state index in [2.05, 4.69) is 0 Å². The fourth-order valence-electron chi connectivity index (χ4n) is 2.16. The number of para-hydroxylation sites is 1. The number of thioether (sulfide) groups is 1. The van der Waals surface area contributed by atoms with Crippen LogP contribution in [0.1, 0.15) is 13.3 Å². The quantitative estimate of drug-likeness (QED) is 0.502. The number of nitriles is 1. The summed E-state index contributed by atoms with van der Waals surface area (Å²) in [5.41, 5.74) is 0.368. The number of amides is 1. The van der Waals surface area contributed by atoms with Crippen molar-refractivity contribution in [2.75, 3.05) is 18.1 Å². The molecule has 23 heavy (non-hydrogen) atoms. The van der Waals surface area contributed by atoms with Crippen LogP contribution in [0.3, 0.4) is 0 Å². The molecule has 0 unspecified atom stereocenters. The van der Waals surface area contributed by atoms with Crippen LogP contribution >= 0.6 is 11.8 Å². The number of hydrogen-bond acceptors (Lipinski definition) is 6. The van der Waals surface area contributed by atoms with Crippen molar-refractivity contribution in [3.05, 3.63) is 40.9 Å². The third-order valence-corrected chi connectivity index (χ3v) is 4.50. The first kappa shape index (κ1) is 17.1. The van der Waals surface area contributed by atoms with Crippen LogP contribution < -0.4 is 4.90 Å². The third-order valence-electron chi connectivity index (χ3n) is 3.16. The van der Waals surface area contributed by atoms with Gasteiger partial charge in [0, 0.05) is 12.3 Å². The first-order valence-electron chi connectivity index (χ1n) is 7.12. The van der Waals surface area contributed by atoms with E-state index in [0.717, 1.165) is 11.8 Å². The highest BCUT2D eigenvalue weighted by atomic mass is 32.2. The molecule has 1 aromatic carbocycles. The highest BCUT2D eigenvalue weighted by Crippen LogP contribution is 2.41. The first-order valence-corrected chi connectivity index (χ1v) is 8.00. The Hall–Kier alpha value is -2.30. The SMILES string of the molecule is CCOC(=O)/C(C#N)=C1/S[C@@H](CCO)C(=O)N1c1ccccc1. The maximum atomic E-state index is 12.6. The fraction of sp³-hybridized carbons (Fsp3) is 0.312. The Bertz CT molecular complexity index is 666. The third kappa shape index (κ3) is 3.55. The molecule has 1 heterocycles. The average molecular weight is 332 g/mol. The standard InChI is InChI=1S/C16H16N2O4S/c1-2-22-16(21)12(10-17)15-18(11-6-4-3-5-7-11)14(20)13(23-15)8-9-19/h3-7,13,19H,2,8-9H2,1H3/b15-12+/t13-/m0/s1. The van der Waals surface area contributed by atoms with Gasteiger partial charge in [-0.15, -0.1) is 0 Å². The molecule has 0 saturated carbocycles. The summed E-state index contributed by atoms with van der Waals surface area (Å²) in [6.45, 7) is 1.63. The molecule has 1 saturated heterocycles. The topological polar surface area (TPSA) is 90.6 Å². The molecule has 0 bridgehead atoms. The van der Waals surface area contributed by atoms with E-state index in [1.165, 1.54) is 4.90 Å². The van der Waals surface area contributed by atoms with E-state index in [4.69, 9.17) is 9.84 Å². The van der Waals surface area contributed by atoms with Gasteiger partial charge in [0.2, 0.25) is 5.91 Å². The first-order chi connectivity index (χ1) is 11.1. The van der Waals surface area contributed by atoms with Gasteiger partial charge in [0.15, 0.2) is 5.57 Å². The van der Waals surface area contributed by atoms with Crippen LogP contribution in [0.5, 0.6) is 0 Å². The van der Waals surface area contributed by atoms with Gasteiger partial charge in [-0.3, -0.25) is 9.69 Å². The second kappa shape index (κ2) is 7.81. The molecule has 0 radical (unpaired) electrons. The van der Waals surface area contributed by atoms with Crippen molar-refractivity contribution in [1.82, 2.24) is 0 Å². The molecule has 7 heteroatoms. The van der Waals surface area contributed by atoms with Gasteiger partial charge < -0.3 is 9.84 Å². The van der Waals surface area contributed by atoms with Gasteiger partial charge >= 0.3 is 5.97 Å². The molecule has 0 spiro atoms. The van der Waals surface area contributed by atoms with Crippen molar-refractivity contribution in [1.29, 1.82) is 5.26 Å². The van der Waals surface area contributed by atoms with Crippen molar-refractivity contribution in [2.45, 2.75) is 18.6 Å². The van der Waals surface area contributed by atoms with Crippen LogP contribution in [0.4, 0.5) is 5.69 Å². The van der Waals surface area contributed by atoms with E-state index in [0.29, 0.717) is 5.69 Å². The highest BCUT2D eigenvalue weighted by molar-refractivity contribution is 8.05. The Morgan fingerprint density at radius 3 is 2.70 bits per heavy atom. The van der Waals surface area contributed by atoms with Crippen LogP contribution in [0.15, 0.2) is 40.9 Å². The lowest BCUT2D eigenvalue weighted by molar-refractivity contribution is -0.138.